The fraction of sp³-hybridized carbons (Fsp3) is 0.818. The third-order valence-electron chi connectivity index (χ3n) is 2.95. The molecule has 0 aromatic rings. The zero-order chi connectivity index (χ0) is 9.68. The maximum atomic E-state index is 9.77. The van der Waals surface area contributed by atoms with Crippen LogP contribution in [0.15, 0.2) is 12.7 Å². The molecule has 1 saturated carbocycles. The Hall–Kier alpha value is -0.340. The zero-order valence-electron chi connectivity index (χ0n) is 8.15. The summed E-state index contributed by atoms with van der Waals surface area (Å²) >= 11 is 0. The van der Waals surface area contributed by atoms with Crippen LogP contribution in [0.5, 0.6) is 0 Å². The highest BCUT2D eigenvalue weighted by atomic mass is 16.3. The Morgan fingerprint density at radius 3 is 2.38 bits per heavy atom. The molecule has 0 saturated heterocycles. The van der Waals surface area contributed by atoms with E-state index in [0.29, 0.717) is 12.3 Å². The summed E-state index contributed by atoms with van der Waals surface area (Å²) in [5, 5.41) is 19.0. The fourth-order valence-electron chi connectivity index (χ4n) is 2.06. The van der Waals surface area contributed by atoms with E-state index >= 15 is 0 Å². The third-order valence-corrected chi connectivity index (χ3v) is 2.95. The van der Waals surface area contributed by atoms with Crippen LogP contribution < -0.4 is 0 Å². The van der Waals surface area contributed by atoms with Crippen molar-refractivity contribution in [3.8, 4) is 0 Å². The lowest BCUT2D eigenvalue weighted by atomic mass is 9.83. The minimum Gasteiger partial charge on any atom is -0.393 e. The first-order valence-corrected chi connectivity index (χ1v) is 5.22. The van der Waals surface area contributed by atoms with Gasteiger partial charge < -0.3 is 10.2 Å². The van der Waals surface area contributed by atoms with Gasteiger partial charge in [0.25, 0.3) is 0 Å². The van der Waals surface area contributed by atoms with Crippen LogP contribution >= 0.6 is 0 Å². The molecule has 0 bridgehead atoms. The molecule has 1 aliphatic carbocycles. The second kappa shape index (κ2) is 5.40. The topological polar surface area (TPSA) is 40.5 Å². The van der Waals surface area contributed by atoms with Gasteiger partial charge in [-0.1, -0.05) is 25.3 Å². The van der Waals surface area contributed by atoms with Crippen LogP contribution in [0.1, 0.15) is 38.5 Å². The highest BCUT2D eigenvalue weighted by Gasteiger charge is 2.22. The molecule has 2 atom stereocenters. The molecule has 2 heteroatoms. The SMILES string of the molecule is C=C[C@H](O)C[C@H](O)C1CCCCC1. The van der Waals surface area contributed by atoms with Gasteiger partial charge in [-0.3, -0.25) is 0 Å². The minimum absolute atomic E-state index is 0.340. The van der Waals surface area contributed by atoms with Crippen LogP contribution in [-0.4, -0.2) is 22.4 Å². The summed E-state index contributed by atoms with van der Waals surface area (Å²) in [6.45, 7) is 3.50. The molecular weight excluding hydrogens is 164 g/mol. The zero-order valence-corrected chi connectivity index (χ0v) is 8.15. The first kappa shape index (κ1) is 10.7. The van der Waals surface area contributed by atoms with Crippen LogP contribution in [0.4, 0.5) is 0 Å². The van der Waals surface area contributed by atoms with Crippen molar-refractivity contribution < 1.29 is 10.2 Å². The quantitative estimate of drug-likeness (QED) is 0.655. The van der Waals surface area contributed by atoms with Crippen molar-refractivity contribution in [2.75, 3.05) is 0 Å². The summed E-state index contributed by atoms with van der Waals surface area (Å²) < 4.78 is 0. The molecule has 1 fully saturated rings. The van der Waals surface area contributed by atoms with Gasteiger partial charge in [-0.25, -0.2) is 0 Å². The Kier molecular flexibility index (Phi) is 4.46. The summed E-state index contributed by atoms with van der Waals surface area (Å²) in [5.74, 6) is 0.406. The number of aliphatic hydroxyl groups excluding tert-OH is 2. The molecule has 0 unspecified atom stereocenters. The van der Waals surface area contributed by atoms with E-state index in [0.717, 1.165) is 12.8 Å². The van der Waals surface area contributed by atoms with Crippen molar-refractivity contribution in [2.45, 2.75) is 50.7 Å². The Bertz CT molecular complexity index is 150. The second-order valence-electron chi connectivity index (χ2n) is 4.00. The van der Waals surface area contributed by atoms with Gasteiger partial charge in [-0.05, 0) is 18.8 Å². The lowest BCUT2D eigenvalue weighted by Crippen LogP contribution is -2.26. The van der Waals surface area contributed by atoms with Crippen LogP contribution in [-0.2, 0) is 0 Å². The van der Waals surface area contributed by atoms with E-state index < -0.39 is 6.10 Å². The van der Waals surface area contributed by atoms with Gasteiger partial charge >= 0.3 is 0 Å². The molecule has 0 radical (unpaired) electrons. The Morgan fingerprint density at radius 1 is 1.23 bits per heavy atom. The van der Waals surface area contributed by atoms with E-state index in [1.807, 2.05) is 0 Å². The van der Waals surface area contributed by atoms with E-state index in [4.69, 9.17) is 0 Å². The molecule has 0 amide bonds. The van der Waals surface area contributed by atoms with Gasteiger partial charge in [-0.2, -0.15) is 0 Å². The van der Waals surface area contributed by atoms with Crippen LogP contribution in [0.2, 0.25) is 0 Å². The monoisotopic (exact) mass is 184 g/mol. The largest absolute Gasteiger partial charge is 0.393 e. The van der Waals surface area contributed by atoms with Gasteiger partial charge in [0.1, 0.15) is 0 Å². The molecule has 1 aliphatic rings. The predicted molar refractivity (Wildman–Crippen MR) is 53.4 cm³/mol. The summed E-state index contributed by atoms with van der Waals surface area (Å²) in [6.07, 6.45) is 7.05. The summed E-state index contributed by atoms with van der Waals surface area (Å²) in [4.78, 5) is 0. The van der Waals surface area contributed by atoms with E-state index in [-0.39, 0.29) is 6.10 Å². The van der Waals surface area contributed by atoms with Crippen LogP contribution in [0.3, 0.4) is 0 Å². The smallest absolute Gasteiger partial charge is 0.0743 e. The van der Waals surface area contributed by atoms with Gasteiger partial charge in [0.2, 0.25) is 0 Å². The predicted octanol–water partition coefficient (Wildman–Crippen LogP) is 1.86. The van der Waals surface area contributed by atoms with Crippen molar-refractivity contribution in [2.24, 2.45) is 5.92 Å². The standard InChI is InChI=1S/C11H20O2/c1-2-10(12)8-11(13)9-6-4-3-5-7-9/h2,9-13H,1,3-8H2/t10-,11-/m0/s1. The van der Waals surface area contributed by atoms with Crippen LogP contribution in [0, 0.1) is 5.92 Å². The number of hydrogen-bond acceptors (Lipinski definition) is 2. The normalized spacial score (nSPS) is 23.8. The summed E-state index contributed by atoms with van der Waals surface area (Å²) in [6, 6.07) is 0. The van der Waals surface area contributed by atoms with Gasteiger partial charge in [-0.15, -0.1) is 6.58 Å². The second-order valence-corrected chi connectivity index (χ2v) is 4.00. The summed E-state index contributed by atoms with van der Waals surface area (Å²) in [7, 11) is 0. The van der Waals surface area contributed by atoms with Gasteiger partial charge in [0.05, 0.1) is 12.2 Å². The molecule has 0 aliphatic heterocycles. The van der Waals surface area contributed by atoms with Gasteiger partial charge in [0.15, 0.2) is 0 Å². The van der Waals surface area contributed by atoms with Crippen molar-refractivity contribution >= 4 is 0 Å². The number of hydrogen-bond donors (Lipinski definition) is 2. The molecular formula is C11H20O2. The molecule has 2 nitrogen and oxygen atoms in total. The molecule has 0 spiro atoms. The van der Waals surface area contributed by atoms with Crippen molar-refractivity contribution in [3.05, 3.63) is 12.7 Å². The molecule has 13 heavy (non-hydrogen) atoms. The Balaban J connectivity index is 2.28. The van der Waals surface area contributed by atoms with E-state index in [9.17, 15) is 10.2 Å². The van der Waals surface area contributed by atoms with E-state index in [2.05, 4.69) is 6.58 Å². The average molecular weight is 184 g/mol. The molecule has 1 rings (SSSR count). The van der Waals surface area contributed by atoms with Crippen molar-refractivity contribution in [1.82, 2.24) is 0 Å². The molecule has 76 valence electrons. The van der Waals surface area contributed by atoms with Crippen LogP contribution in [0.25, 0.3) is 0 Å². The minimum atomic E-state index is -0.545. The molecule has 0 aromatic heterocycles. The Labute approximate surface area is 80.3 Å². The molecule has 0 aromatic carbocycles. The van der Waals surface area contributed by atoms with E-state index in [1.165, 1.54) is 25.3 Å². The summed E-state index contributed by atoms with van der Waals surface area (Å²) in [5.41, 5.74) is 0. The lowest BCUT2D eigenvalue weighted by molar-refractivity contribution is 0.0445. The maximum Gasteiger partial charge on any atom is 0.0743 e. The maximum absolute atomic E-state index is 9.77. The average Bonchev–Trinajstić information content (AvgIpc) is 2.19. The highest BCUT2D eigenvalue weighted by molar-refractivity contribution is 4.83. The number of aliphatic hydroxyl groups is 2. The molecule has 2 N–H and O–H groups in total. The first-order valence-electron chi connectivity index (χ1n) is 5.22. The van der Waals surface area contributed by atoms with Crippen molar-refractivity contribution in [3.63, 3.8) is 0 Å². The van der Waals surface area contributed by atoms with E-state index in [1.54, 1.807) is 0 Å². The number of rotatable bonds is 4. The lowest BCUT2D eigenvalue weighted by Gasteiger charge is -2.27. The Morgan fingerprint density at radius 2 is 1.85 bits per heavy atom. The van der Waals surface area contributed by atoms with Crippen molar-refractivity contribution in [1.29, 1.82) is 0 Å². The fourth-order valence-corrected chi connectivity index (χ4v) is 2.06. The first-order chi connectivity index (χ1) is 6.24. The van der Waals surface area contributed by atoms with Gasteiger partial charge in [0, 0.05) is 6.42 Å². The highest BCUT2D eigenvalue weighted by Crippen LogP contribution is 2.28. The molecule has 0 heterocycles. The third kappa shape index (κ3) is 3.49.